The number of phenolic OH excluding ortho intramolecular Hbond substituents is 1. The quantitative estimate of drug-likeness (QED) is 0.778. The lowest BCUT2D eigenvalue weighted by Crippen LogP contribution is -2.22. The SMILES string of the molecule is CC(C)OC(=O)C(C)Cc1cc(C(C)(C)C)c(O)c(C(C)(C)C)c1. The lowest BCUT2D eigenvalue weighted by atomic mass is 9.77. The summed E-state index contributed by atoms with van der Waals surface area (Å²) in [4.78, 5) is 12.1. The third-order valence-corrected chi connectivity index (χ3v) is 4.08. The predicted octanol–water partition coefficient (Wildman–Crippen LogP) is 5.12. The monoisotopic (exact) mass is 334 g/mol. The van der Waals surface area contributed by atoms with Crippen LogP contribution in [0.2, 0.25) is 0 Å². The van der Waals surface area contributed by atoms with Gasteiger partial charge in [-0.15, -0.1) is 0 Å². The Bertz CT molecular complexity index is 551. The lowest BCUT2D eigenvalue weighted by Gasteiger charge is -2.28. The first-order valence-electron chi connectivity index (χ1n) is 8.80. The first-order valence-corrected chi connectivity index (χ1v) is 8.80. The Balaban J connectivity index is 3.27. The van der Waals surface area contributed by atoms with E-state index in [0.29, 0.717) is 12.2 Å². The highest BCUT2D eigenvalue weighted by Crippen LogP contribution is 2.40. The van der Waals surface area contributed by atoms with Gasteiger partial charge in [0.1, 0.15) is 5.75 Å². The molecule has 3 nitrogen and oxygen atoms in total. The van der Waals surface area contributed by atoms with Crippen molar-refractivity contribution in [2.24, 2.45) is 5.92 Å². The van der Waals surface area contributed by atoms with Gasteiger partial charge in [0.25, 0.3) is 0 Å². The van der Waals surface area contributed by atoms with E-state index in [1.807, 2.05) is 32.9 Å². The maximum atomic E-state index is 12.1. The van der Waals surface area contributed by atoms with E-state index in [1.54, 1.807) is 0 Å². The van der Waals surface area contributed by atoms with Crippen molar-refractivity contribution in [3.05, 3.63) is 28.8 Å². The van der Waals surface area contributed by atoms with E-state index in [2.05, 4.69) is 41.5 Å². The first kappa shape index (κ1) is 20.5. The fourth-order valence-corrected chi connectivity index (χ4v) is 2.74. The van der Waals surface area contributed by atoms with E-state index in [4.69, 9.17) is 4.74 Å². The fourth-order valence-electron chi connectivity index (χ4n) is 2.74. The average molecular weight is 335 g/mol. The molecule has 0 aromatic heterocycles. The molecule has 0 amide bonds. The third-order valence-electron chi connectivity index (χ3n) is 4.08. The van der Waals surface area contributed by atoms with E-state index < -0.39 is 0 Å². The maximum absolute atomic E-state index is 12.1. The molecule has 1 aromatic rings. The zero-order valence-electron chi connectivity index (χ0n) is 16.8. The molecule has 0 aliphatic rings. The molecule has 24 heavy (non-hydrogen) atoms. The summed E-state index contributed by atoms with van der Waals surface area (Å²) < 4.78 is 5.31. The molecular formula is C21H34O3. The number of carbonyl (C=O) groups excluding carboxylic acids is 1. The second-order valence-electron chi connectivity index (χ2n) is 9.13. The molecule has 0 bridgehead atoms. The van der Waals surface area contributed by atoms with Crippen LogP contribution in [0.3, 0.4) is 0 Å². The van der Waals surface area contributed by atoms with Crippen molar-refractivity contribution < 1.29 is 14.6 Å². The number of rotatable bonds is 4. The summed E-state index contributed by atoms with van der Waals surface area (Å²) in [5, 5.41) is 10.8. The van der Waals surface area contributed by atoms with Crippen molar-refractivity contribution in [1.82, 2.24) is 0 Å². The molecule has 1 rings (SSSR count). The van der Waals surface area contributed by atoms with Gasteiger partial charge in [-0.05, 0) is 47.8 Å². The van der Waals surface area contributed by atoms with Gasteiger partial charge in [-0.2, -0.15) is 0 Å². The van der Waals surface area contributed by atoms with Gasteiger partial charge in [0.15, 0.2) is 0 Å². The van der Waals surface area contributed by atoms with Crippen LogP contribution in [0.25, 0.3) is 0 Å². The number of carbonyl (C=O) groups is 1. The minimum Gasteiger partial charge on any atom is -0.507 e. The summed E-state index contributed by atoms with van der Waals surface area (Å²) >= 11 is 0. The number of hydrogen-bond acceptors (Lipinski definition) is 3. The summed E-state index contributed by atoms with van der Waals surface area (Å²) in [6, 6.07) is 4.06. The highest BCUT2D eigenvalue weighted by Gasteiger charge is 2.27. The number of esters is 1. The summed E-state index contributed by atoms with van der Waals surface area (Å²) in [5.74, 6) is -0.0126. The van der Waals surface area contributed by atoms with Crippen LogP contribution in [0, 0.1) is 5.92 Å². The van der Waals surface area contributed by atoms with Crippen LogP contribution < -0.4 is 0 Å². The molecule has 1 aromatic carbocycles. The zero-order valence-corrected chi connectivity index (χ0v) is 16.8. The molecule has 0 spiro atoms. The Morgan fingerprint density at radius 2 is 1.42 bits per heavy atom. The Morgan fingerprint density at radius 3 is 1.75 bits per heavy atom. The van der Waals surface area contributed by atoms with Crippen LogP contribution in [0.4, 0.5) is 0 Å². The zero-order chi connectivity index (χ0) is 18.9. The Kier molecular flexibility index (Phi) is 6.13. The van der Waals surface area contributed by atoms with Crippen molar-refractivity contribution >= 4 is 5.97 Å². The van der Waals surface area contributed by atoms with Crippen molar-refractivity contribution in [1.29, 1.82) is 0 Å². The Morgan fingerprint density at radius 1 is 1.00 bits per heavy atom. The van der Waals surface area contributed by atoms with Gasteiger partial charge in [-0.1, -0.05) is 60.6 Å². The van der Waals surface area contributed by atoms with E-state index in [-0.39, 0.29) is 28.8 Å². The molecule has 0 radical (unpaired) electrons. The van der Waals surface area contributed by atoms with Crippen LogP contribution in [0.1, 0.15) is 79.0 Å². The van der Waals surface area contributed by atoms with Gasteiger partial charge in [0.2, 0.25) is 0 Å². The normalized spacial score (nSPS) is 13.9. The summed E-state index contributed by atoms with van der Waals surface area (Å²) in [6.07, 6.45) is 0.507. The first-order chi connectivity index (χ1) is 10.7. The smallest absolute Gasteiger partial charge is 0.309 e. The van der Waals surface area contributed by atoms with Gasteiger partial charge in [0, 0.05) is 0 Å². The largest absolute Gasteiger partial charge is 0.507 e. The van der Waals surface area contributed by atoms with Gasteiger partial charge in [0.05, 0.1) is 12.0 Å². The lowest BCUT2D eigenvalue weighted by molar-refractivity contribution is -0.151. The predicted molar refractivity (Wildman–Crippen MR) is 99.6 cm³/mol. The molecule has 0 heterocycles. The standard InChI is InChI=1S/C21H34O3/c1-13(2)24-19(23)14(3)10-15-11-16(20(4,5)6)18(22)17(12-15)21(7,8)9/h11-14,22H,10H2,1-9H3. The van der Waals surface area contributed by atoms with E-state index >= 15 is 0 Å². The topological polar surface area (TPSA) is 46.5 Å². The Labute approximate surface area is 147 Å². The number of phenols is 1. The van der Waals surface area contributed by atoms with Gasteiger partial charge in [-0.25, -0.2) is 0 Å². The Hall–Kier alpha value is -1.51. The molecule has 0 saturated carbocycles. The van der Waals surface area contributed by atoms with Crippen LogP contribution in [-0.4, -0.2) is 17.2 Å². The molecule has 1 atom stereocenters. The van der Waals surface area contributed by atoms with Crippen LogP contribution in [0.15, 0.2) is 12.1 Å². The van der Waals surface area contributed by atoms with Crippen LogP contribution in [0.5, 0.6) is 5.75 Å². The molecule has 136 valence electrons. The molecule has 1 unspecified atom stereocenters. The number of aromatic hydroxyl groups is 1. The highest BCUT2D eigenvalue weighted by molar-refractivity contribution is 5.72. The molecule has 0 aliphatic carbocycles. The molecule has 0 saturated heterocycles. The summed E-state index contributed by atoms with van der Waals surface area (Å²) in [6.45, 7) is 18.2. The summed E-state index contributed by atoms with van der Waals surface area (Å²) in [7, 11) is 0. The second-order valence-corrected chi connectivity index (χ2v) is 9.13. The summed E-state index contributed by atoms with van der Waals surface area (Å²) in [5.41, 5.74) is 2.59. The van der Waals surface area contributed by atoms with Crippen LogP contribution >= 0.6 is 0 Å². The molecular weight excluding hydrogens is 300 g/mol. The number of benzene rings is 1. The highest BCUT2D eigenvalue weighted by atomic mass is 16.5. The van der Waals surface area contributed by atoms with Crippen molar-refractivity contribution in [3.8, 4) is 5.75 Å². The van der Waals surface area contributed by atoms with E-state index in [1.165, 1.54) is 0 Å². The third kappa shape index (κ3) is 5.25. The second kappa shape index (κ2) is 7.16. The van der Waals surface area contributed by atoms with E-state index in [9.17, 15) is 9.90 Å². The van der Waals surface area contributed by atoms with E-state index in [0.717, 1.165) is 16.7 Å². The van der Waals surface area contributed by atoms with Gasteiger partial charge < -0.3 is 9.84 Å². The van der Waals surface area contributed by atoms with Crippen LogP contribution in [-0.2, 0) is 26.8 Å². The van der Waals surface area contributed by atoms with Gasteiger partial charge in [-0.3, -0.25) is 4.79 Å². The maximum Gasteiger partial charge on any atom is 0.309 e. The molecule has 0 aliphatic heterocycles. The molecule has 0 fully saturated rings. The minimum atomic E-state index is -0.211. The number of hydrogen-bond donors (Lipinski definition) is 1. The fraction of sp³-hybridized carbons (Fsp3) is 0.667. The molecule has 3 heteroatoms. The van der Waals surface area contributed by atoms with Crippen molar-refractivity contribution in [3.63, 3.8) is 0 Å². The molecule has 1 N–H and O–H groups in total. The van der Waals surface area contributed by atoms with Crippen molar-refractivity contribution in [2.45, 2.75) is 85.7 Å². The minimum absolute atomic E-state index is 0.102. The average Bonchev–Trinajstić information content (AvgIpc) is 2.36. The number of ether oxygens (including phenoxy) is 1. The van der Waals surface area contributed by atoms with Crippen molar-refractivity contribution in [2.75, 3.05) is 0 Å². The van der Waals surface area contributed by atoms with Gasteiger partial charge >= 0.3 is 5.97 Å².